The van der Waals surface area contributed by atoms with E-state index in [4.69, 9.17) is 9.15 Å². The van der Waals surface area contributed by atoms with E-state index in [9.17, 15) is 28.4 Å². The topological polar surface area (TPSA) is 199 Å². The number of anilines is 2. The lowest BCUT2D eigenvalue weighted by Gasteiger charge is -2.58. The second kappa shape index (κ2) is 20.4. The summed E-state index contributed by atoms with van der Waals surface area (Å²) in [6, 6.07) is 30.6. The number of amides is 1. The maximum absolute atomic E-state index is 14.1. The van der Waals surface area contributed by atoms with E-state index >= 15 is 0 Å². The maximum atomic E-state index is 14.1. The van der Waals surface area contributed by atoms with Gasteiger partial charge in [-0.3, -0.25) is 24.7 Å². The molecule has 1 unspecified atom stereocenters. The average Bonchev–Trinajstić information content (AvgIpc) is 4.09. The Bertz CT molecular complexity index is 3350. The summed E-state index contributed by atoms with van der Waals surface area (Å²) in [7, 11) is -4.59. The second-order valence-corrected chi connectivity index (χ2v) is 23.8. The van der Waals surface area contributed by atoms with E-state index in [0.717, 1.165) is 101 Å². The fourth-order valence-corrected chi connectivity index (χ4v) is 13.3. The predicted octanol–water partition coefficient (Wildman–Crippen LogP) is 10.9. The number of aromatic amines is 1. The van der Waals surface area contributed by atoms with Gasteiger partial charge in [0.05, 0.1) is 33.4 Å². The Kier molecular flexibility index (Phi) is 13.7. The number of furan rings is 1. The Morgan fingerprint density at radius 1 is 0.960 bits per heavy atom. The molecule has 1 atom stereocenters. The fourth-order valence-electron chi connectivity index (χ4n) is 12.4. The van der Waals surface area contributed by atoms with Crippen molar-refractivity contribution in [3.05, 3.63) is 148 Å². The van der Waals surface area contributed by atoms with Crippen molar-refractivity contribution in [2.24, 2.45) is 11.3 Å². The number of piperazine rings is 1. The second-order valence-electron chi connectivity index (χ2n) is 22.1. The monoisotopic (exact) mass is 1030 g/mol. The van der Waals surface area contributed by atoms with Crippen LogP contribution in [0, 0.1) is 21.4 Å². The molecule has 392 valence electrons. The van der Waals surface area contributed by atoms with Crippen molar-refractivity contribution in [2.75, 3.05) is 49.5 Å². The summed E-state index contributed by atoms with van der Waals surface area (Å²) in [5, 5.41) is 27.7. The summed E-state index contributed by atoms with van der Waals surface area (Å²) >= 11 is 0. The van der Waals surface area contributed by atoms with Gasteiger partial charge in [0, 0.05) is 92.7 Å². The van der Waals surface area contributed by atoms with Gasteiger partial charge in [0.15, 0.2) is 0 Å². The Morgan fingerprint density at radius 3 is 2.55 bits per heavy atom. The van der Waals surface area contributed by atoms with Crippen LogP contribution in [0.1, 0.15) is 111 Å². The minimum atomic E-state index is -4.59. The van der Waals surface area contributed by atoms with Crippen LogP contribution in [-0.4, -0.2) is 95.0 Å². The van der Waals surface area contributed by atoms with Gasteiger partial charge in [0.1, 0.15) is 28.4 Å². The van der Waals surface area contributed by atoms with Crippen molar-refractivity contribution in [1.82, 2.24) is 24.5 Å². The SMILES string of the molecule is CC(C)c1ccccc1C1CN(Cc2cccc3occc23)CCN1C1CC2(CCN(c3ccc(C(=O)NS(=O)(=O)c4ccc(NC[C@H]5CC[C@](C)(O)CC5)c([N+](=O)[O-])c4)c(Oc4cnc5[nH]ccc5c4)c3)CC2)C1. The number of aromatic nitrogens is 2. The lowest BCUT2D eigenvalue weighted by atomic mass is 9.59. The van der Waals surface area contributed by atoms with Crippen molar-refractivity contribution in [1.29, 1.82) is 0 Å². The lowest BCUT2D eigenvalue weighted by Crippen LogP contribution is -2.60. The number of carbonyl (C=O) groups is 1. The van der Waals surface area contributed by atoms with Crippen LogP contribution in [0.15, 0.2) is 125 Å². The third kappa shape index (κ3) is 10.6. The Hall–Kier alpha value is -6.79. The largest absolute Gasteiger partial charge is 0.464 e. The molecule has 2 aliphatic carbocycles. The number of aliphatic hydroxyl groups is 1. The number of fused-ring (bicyclic) bond motifs is 2. The number of nitrogens with zero attached hydrogens (tertiary/aromatic N) is 5. The molecule has 0 bridgehead atoms. The Morgan fingerprint density at radius 2 is 1.76 bits per heavy atom. The highest BCUT2D eigenvalue weighted by atomic mass is 32.2. The summed E-state index contributed by atoms with van der Waals surface area (Å²) in [6.45, 7) is 12.3. The molecule has 2 saturated carbocycles. The highest BCUT2D eigenvalue weighted by Gasteiger charge is 2.50. The third-order valence-electron chi connectivity index (χ3n) is 16.7. The molecule has 16 nitrogen and oxygen atoms in total. The van der Waals surface area contributed by atoms with Crippen molar-refractivity contribution < 1.29 is 32.4 Å². The lowest BCUT2D eigenvalue weighted by molar-refractivity contribution is -0.384. The number of carbonyl (C=O) groups excluding carboxylic acids is 1. The molecule has 0 radical (unpaired) electrons. The number of piperidine rings is 1. The summed E-state index contributed by atoms with van der Waals surface area (Å²) in [5.41, 5.74) is 5.80. The van der Waals surface area contributed by atoms with Gasteiger partial charge in [-0.05, 0) is 141 Å². The molecular formula is C58H66N8O8S. The number of sulfonamides is 1. The van der Waals surface area contributed by atoms with Crippen LogP contribution < -0.4 is 19.7 Å². The normalized spacial score (nSPS) is 21.6. The van der Waals surface area contributed by atoms with Crippen molar-refractivity contribution >= 4 is 55.0 Å². The number of hydrogen-bond acceptors (Lipinski definition) is 13. The molecule has 4 N–H and O–H groups in total. The summed E-state index contributed by atoms with van der Waals surface area (Å²) in [5.74, 6) is 0.160. The molecule has 1 amide bonds. The molecule has 75 heavy (non-hydrogen) atoms. The van der Waals surface area contributed by atoms with Crippen LogP contribution >= 0.6 is 0 Å². The smallest absolute Gasteiger partial charge is 0.293 e. The van der Waals surface area contributed by atoms with E-state index in [1.165, 1.54) is 34.2 Å². The molecule has 1 spiro atoms. The first-order chi connectivity index (χ1) is 36.1. The number of nitro benzene ring substituents is 1. The number of benzene rings is 4. The molecule has 17 heteroatoms. The maximum Gasteiger partial charge on any atom is 0.293 e. The molecule has 4 fully saturated rings. The van der Waals surface area contributed by atoms with Gasteiger partial charge >= 0.3 is 0 Å². The van der Waals surface area contributed by atoms with Crippen LogP contribution in [-0.2, 0) is 16.6 Å². The van der Waals surface area contributed by atoms with Crippen molar-refractivity contribution in [2.45, 2.75) is 107 Å². The number of hydrogen-bond donors (Lipinski definition) is 4. The molecule has 3 aromatic heterocycles. The van der Waals surface area contributed by atoms with E-state index in [0.29, 0.717) is 42.7 Å². The van der Waals surface area contributed by atoms with Crippen LogP contribution in [0.5, 0.6) is 11.5 Å². The number of rotatable bonds is 15. The molecule has 2 saturated heterocycles. The molecule has 2 aliphatic heterocycles. The molecule has 4 aliphatic rings. The van der Waals surface area contributed by atoms with Gasteiger partial charge in [-0.25, -0.2) is 18.1 Å². The van der Waals surface area contributed by atoms with E-state index in [2.05, 4.69) is 91.0 Å². The van der Waals surface area contributed by atoms with Crippen molar-refractivity contribution in [3.8, 4) is 11.5 Å². The van der Waals surface area contributed by atoms with Crippen LogP contribution in [0.2, 0.25) is 0 Å². The van der Waals surface area contributed by atoms with E-state index in [-0.39, 0.29) is 34.4 Å². The summed E-state index contributed by atoms with van der Waals surface area (Å²) < 4.78 is 42.0. The number of pyridine rings is 1. The van der Waals surface area contributed by atoms with Gasteiger partial charge in [-0.1, -0.05) is 50.2 Å². The highest BCUT2D eigenvalue weighted by Crippen LogP contribution is 2.53. The van der Waals surface area contributed by atoms with Crippen molar-refractivity contribution in [3.63, 3.8) is 0 Å². The number of ether oxygens (including phenoxy) is 1. The number of nitro groups is 1. The average molecular weight is 1040 g/mol. The quantitative estimate of drug-likeness (QED) is 0.0559. The molecule has 11 rings (SSSR count). The molecule has 7 aromatic rings. The third-order valence-corrected chi connectivity index (χ3v) is 18.1. The first-order valence-corrected chi connectivity index (χ1v) is 27.9. The Labute approximate surface area is 437 Å². The standard InChI is InChI=1S/C58H66N8O8S/c1-38(2)46-8-4-5-9-48(46)52-37-63(36-41-7-6-10-53-47(41)18-28-73-53)26-27-65(52)43-32-58(33-43)21-24-64(25-22-58)42-11-13-49(54(30-42)74-44-29-40-17-23-59-55(40)61-35-44)56(67)62-75(71,72)45-12-14-50(51(31-45)66(69)70)60-34-39-15-19-57(3,68)20-16-39/h4-14,17-18,23,28-31,35,38-39,43,52,60,68H,15-16,19-22,24-27,32-34,36-37H2,1-3H3,(H,59,61)(H,62,67)/t39-,52?,57-. The zero-order valence-corrected chi connectivity index (χ0v) is 43.7. The highest BCUT2D eigenvalue weighted by molar-refractivity contribution is 7.90. The van der Waals surface area contributed by atoms with Gasteiger partial charge in [0.2, 0.25) is 0 Å². The molecule has 5 heterocycles. The zero-order valence-electron chi connectivity index (χ0n) is 42.8. The van der Waals surface area contributed by atoms with Gasteiger partial charge in [-0.15, -0.1) is 0 Å². The first kappa shape index (κ1) is 50.4. The minimum absolute atomic E-state index is 0.0294. The van der Waals surface area contributed by atoms with E-state index < -0.39 is 37.0 Å². The van der Waals surface area contributed by atoms with Gasteiger partial charge in [0.25, 0.3) is 21.6 Å². The fraction of sp³-hybridized carbons (Fsp3) is 0.414. The number of nitrogens with one attached hydrogen (secondary N) is 3. The molecule has 4 aromatic carbocycles. The first-order valence-electron chi connectivity index (χ1n) is 26.4. The Balaban J connectivity index is 0.783. The van der Waals surface area contributed by atoms with E-state index in [1.807, 2.05) is 25.1 Å². The van der Waals surface area contributed by atoms with Crippen LogP contribution in [0.3, 0.4) is 0 Å². The summed E-state index contributed by atoms with van der Waals surface area (Å²) in [4.78, 5) is 40.6. The van der Waals surface area contributed by atoms with Gasteiger partial charge in [-0.2, -0.15) is 0 Å². The zero-order chi connectivity index (χ0) is 52.1. The van der Waals surface area contributed by atoms with Crippen LogP contribution in [0.4, 0.5) is 17.1 Å². The van der Waals surface area contributed by atoms with Gasteiger partial charge < -0.3 is 29.5 Å². The molecular weight excluding hydrogens is 969 g/mol. The predicted molar refractivity (Wildman–Crippen MR) is 290 cm³/mol. The van der Waals surface area contributed by atoms with Crippen LogP contribution in [0.25, 0.3) is 22.0 Å². The minimum Gasteiger partial charge on any atom is -0.464 e. The summed E-state index contributed by atoms with van der Waals surface area (Å²) in [6.07, 6.45) is 12.2. The van der Waals surface area contributed by atoms with E-state index in [1.54, 1.807) is 36.9 Å². The number of H-pyrrole nitrogens is 1.